The van der Waals surface area contributed by atoms with Crippen LogP contribution in [0.15, 0.2) is 24.3 Å². The molecule has 1 aromatic rings. The third-order valence-corrected chi connectivity index (χ3v) is 4.82. The Bertz CT molecular complexity index is 482. The van der Waals surface area contributed by atoms with E-state index in [0.29, 0.717) is 6.54 Å². The molecule has 1 aliphatic rings. The van der Waals surface area contributed by atoms with Gasteiger partial charge in [0.05, 0.1) is 19.3 Å². The van der Waals surface area contributed by atoms with E-state index in [-0.39, 0.29) is 17.9 Å². The lowest BCUT2D eigenvalue weighted by Gasteiger charge is -2.35. The molecule has 1 aromatic carbocycles. The maximum absolute atomic E-state index is 12.3. The summed E-state index contributed by atoms with van der Waals surface area (Å²) in [6, 6.07) is 8.08. The first-order valence-corrected chi connectivity index (χ1v) is 8.88. The number of nitrogens with one attached hydrogen (secondary N) is 1. The zero-order valence-electron chi connectivity index (χ0n) is 14.1. The minimum Gasteiger partial charge on any atom is -0.379 e. The molecule has 1 N–H and O–H groups in total. The lowest BCUT2D eigenvalue weighted by molar-refractivity contribution is -0.125. The molecule has 4 nitrogen and oxygen atoms in total. The number of morpholine rings is 1. The van der Waals surface area contributed by atoms with Gasteiger partial charge in [-0.05, 0) is 30.5 Å². The summed E-state index contributed by atoms with van der Waals surface area (Å²) in [5.41, 5.74) is 1.18. The first-order valence-electron chi connectivity index (χ1n) is 8.50. The van der Waals surface area contributed by atoms with E-state index in [4.69, 9.17) is 16.3 Å². The summed E-state index contributed by atoms with van der Waals surface area (Å²) in [6.45, 7) is 7.99. The summed E-state index contributed by atoms with van der Waals surface area (Å²) >= 11 is 6.01. The molecule has 1 saturated heterocycles. The number of carbonyl (C=O) groups excluding carboxylic acids is 1. The van der Waals surface area contributed by atoms with Gasteiger partial charge in [-0.2, -0.15) is 0 Å². The van der Waals surface area contributed by atoms with Crippen molar-refractivity contribution in [2.45, 2.75) is 32.7 Å². The first-order chi connectivity index (χ1) is 11.2. The van der Waals surface area contributed by atoms with Crippen molar-refractivity contribution in [2.24, 2.45) is 5.92 Å². The standard InChI is InChI=1S/C18H27ClN2O2/c1-3-14(4-2)18(22)20-13-17(21-9-11-23-12-10-21)15-5-7-16(19)8-6-15/h5-8,14,17H,3-4,9-13H2,1-2H3,(H,20,22). The number of amides is 1. The van der Waals surface area contributed by atoms with Gasteiger partial charge in [-0.1, -0.05) is 37.6 Å². The second-order valence-corrected chi connectivity index (χ2v) is 6.41. The topological polar surface area (TPSA) is 41.6 Å². The molecule has 0 radical (unpaired) electrons. The average Bonchev–Trinajstić information content (AvgIpc) is 2.58. The van der Waals surface area contributed by atoms with Crippen LogP contribution < -0.4 is 5.32 Å². The Hall–Kier alpha value is -1.10. The third-order valence-electron chi connectivity index (χ3n) is 4.57. The SMILES string of the molecule is CCC(CC)C(=O)NCC(c1ccc(Cl)cc1)N1CCOCC1. The Balaban J connectivity index is 2.07. The van der Waals surface area contributed by atoms with Crippen LogP contribution in [0.2, 0.25) is 5.02 Å². The number of rotatable bonds is 7. The van der Waals surface area contributed by atoms with Crippen molar-refractivity contribution in [3.8, 4) is 0 Å². The minimum atomic E-state index is 0.102. The number of nitrogens with zero attached hydrogens (tertiary/aromatic N) is 1. The number of ether oxygens (including phenoxy) is 1. The van der Waals surface area contributed by atoms with Crippen molar-refractivity contribution in [1.82, 2.24) is 10.2 Å². The molecule has 0 aliphatic carbocycles. The molecule has 0 saturated carbocycles. The Kier molecular flexibility index (Phi) is 7.34. The number of benzene rings is 1. The summed E-state index contributed by atoms with van der Waals surface area (Å²) in [5.74, 6) is 0.257. The van der Waals surface area contributed by atoms with E-state index in [0.717, 1.165) is 44.2 Å². The monoisotopic (exact) mass is 338 g/mol. The molecule has 2 rings (SSSR count). The molecule has 0 bridgehead atoms. The largest absolute Gasteiger partial charge is 0.379 e. The lowest BCUT2D eigenvalue weighted by atomic mass is 10.0. The van der Waals surface area contributed by atoms with Crippen LogP contribution in [0.4, 0.5) is 0 Å². The number of carbonyl (C=O) groups is 1. The molecular weight excluding hydrogens is 312 g/mol. The van der Waals surface area contributed by atoms with Gasteiger partial charge in [0.2, 0.25) is 5.91 Å². The molecular formula is C18H27ClN2O2. The molecule has 1 fully saturated rings. The van der Waals surface area contributed by atoms with Crippen LogP contribution in [0.25, 0.3) is 0 Å². The zero-order chi connectivity index (χ0) is 16.7. The Labute approximate surface area is 144 Å². The summed E-state index contributed by atoms with van der Waals surface area (Å²) in [4.78, 5) is 14.7. The van der Waals surface area contributed by atoms with Gasteiger partial charge in [-0.25, -0.2) is 0 Å². The van der Waals surface area contributed by atoms with Gasteiger partial charge in [0.1, 0.15) is 0 Å². The van der Waals surface area contributed by atoms with Gasteiger partial charge in [-0.3, -0.25) is 9.69 Å². The Morgan fingerprint density at radius 1 is 1.22 bits per heavy atom. The van der Waals surface area contributed by atoms with Crippen molar-refractivity contribution < 1.29 is 9.53 Å². The van der Waals surface area contributed by atoms with Crippen LogP contribution in [-0.2, 0) is 9.53 Å². The van der Waals surface area contributed by atoms with E-state index in [1.165, 1.54) is 5.56 Å². The van der Waals surface area contributed by atoms with E-state index in [2.05, 4.69) is 24.1 Å². The second kappa shape index (κ2) is 9.26. The highest BCUT2D eigenvalue weighted by Crippen LogP contribution is 2.23. The van der Waals surface area contributed by atoms with Crippen LogP contribution in [0.3, 0.4) is 0 Å². The highest BCUT2D eigenvalue weighted by Gasteiger charge is 2.24. The minimum absolute atomic E-state index is 0.102. The summed E-state index contributed by atoms with van der Waals surface area (Å²) in [6.07, 6.45) is 1.76. The highest BCUT2D eigenvalue weighted by atomic mass is 35.5. The number of halogens is 1. The van der Waals surface area contributed by atoms with Crippen molar-refractivity contribution in [1.29, 1.82) is 0 Å². The van der Waals surface area contributed by atoms with Gasteiger partial charge >= 0.3 is 0 Å². The molecule has 128 valence electrons. The van der Waals surface area contributed by atoms with Crippen molar-refractivity contribution >= 4 is 17.5 Å². The van der Waals surface area contributed by atoms with Gasteiger partial charge in [0.25, 0.3) is 0 Å². The van der Waals surface area contributed by atoms with Gasteiger partial charge in [0.15, 0.2) is 0 Å². The van der Waals surface area contributed by atoms with Crippen LogP contribution in [0.1, 0.15) is 38.3 Å². The maximum Gasteiger partial charge on any atom is 0.223 e. The van der Waals surface area contributed by atoms with Crippen LogP contribution in [0.5, 0.6) is 0 Å². The zero-order valence-corrected chi connectivity index (χ0v) is 14.8. The molecule has 1 aliphatic heterocycles. The maximum atomic E-state index is 12.3. The average molecular weight is 339 g/mol. The van der Waals surface area contributed by atoms with Crippen molar-refractivity contribution in [3.05, 3.63) is 34.9 Å². The third kappa shape index (κ3) is 5.20. The van der Waals surface area contributed by atoms with E-state index in [9.17, 15) is 4.79 Å². The second-order valence-electron chi connectivity index (χ2n) is 5.97. The van der Waals surface area contributed by atoms with E-state index >= 15 is 0 Å². The predicted molar refractivity (Wildman–Crippen MR) is 93.7 cm³/mol. The van der Waals surface area contributed by atoms with Crippen LogP contribution in [-0.4, -0.2) is 43.7 Å². The van der Waals surface area contributed by atoms with E-state index in [1.54, 1.807) is 0 Å². The van der Waals surface area contributed by atoms with Gasteiger partial charge in [-0.15, -0.1) is 0 Å². The van der Waals surface area contributed by atoms with Crippen molar-refractivity contribution in [2.75, 3.05) is 32.8 Å². The van der Waals surface area contributed by atoms with E-state index < -0.39 is 0 Å². The number of hydrogen-bond donors (Lipinski definition) is 1. The summed E-state index contributed by atoms with van der Waals surface area (Å²) in [7, 11) is 0. The molecule has 1 atom stereocenters. The smallest absolute Gasteiger partial charge is 0.223 e. The number of hydrogen-bond acceptors (Lipinski definition) is 3. The summed E-state index contributed by atoms with van der Waals surface area (Å²) < 4.78 is 5.45. The first kappa shape index (κ1) is 18.2. The molecule has 5 heteroatoms. The quantitative estimate of drug-likeness (QED) is 0.829. The van der Waals surface area contributed by atoms with Gasteiger partial charge < -0.3 is 10.1 Å². The Morgan fingerprint density at radius 2 is 1.83 bits per heavy atom. The fourth-order valence-electron chi connectivity index (χ4n) is 3.03. The van der Waals surface area contributed by atoms with E-state index in [1.807, 2.05) is 24.3 Å². The highest BCUT2D eigenvalue weighted by molar-refractivity contribution is 6.30. The molecule has 1 heterocycles. The molecule has 0 aromatic heterocycles. The van der Waals surface area contributed by atoms with Crippen LogP contribution in [0, 0.1) is 5.92 Å². The molecule has 1 amide bonds. The fraction of sp³-hybridized carbons (Fsp3) is 0.611. The lowest BCUT2D eigenvalue weighted by Crippen LogP contribution is -2.44. The fourth-order valence-corrected chi connectivity index (χ4v) is 3.16. The van der Waals surface area contributed by atoms with Crippen molar-refractivity contribution in [3.63, 3.8) is 0 Å². The molecule has 0 spiro atoms. The Morgan fingerprint density at radius 3 is 2.39 bits per heavy atom. The predicted octanol–water partition coefficient (Wildman–Crippen LogP) is 3.27. The molecule has 1 unspecified atom stereocenters. The molecule has 23 heavy (non-hydrogen) atoms. The summed E-state index contributed by atoms with van der Waals surface area (Å²) in [5, 5.41) is 3.87. The van der Waals surface area contributed by atoms with Gasteiger partial charge in [0, 0.05) is 30.6 Å². The van der Waals surface area contributed by atoms with Crippen LogP contribution >= 0.6 is 11.6 Å². The normalized spacial score (nSPS) is 17.2.